The maximum Gasteiger partial charge on any atom is 0.276 e. The second-order valence-electron chi connectivity index (χ2n) is 3.37. The molecule has 6 nitrogen and oxygen atoms in total. The highest BCUT2D eigenvalue weighted by Gasteiger charge is 2.16. The lowest BCUT2D eigenvalue weighted by Gasteiger charge is -2.06. The number of aromatic nitrogens is 3. The van der Waals surface area contributed by atoms with Crippen LogP contribution in [0, 0.1) is 0 Å². The molecule has 17 heavy (non-hydrogen) atoms. The largest absolute Gasteiger partial charge is 0.396 e. The van der Waals surface area contributed by atoms with Crippen LogP contribution in [-0.4, -0.2) is 20.7 Å². The maximum atomic E-state index is 11.9. The number of aryl methyl sites for hydroxylation is 1. The molecule has 2 aromatic heterocycles. The normalized spacial score (nSPS) is 10.2. The Balaban J connectivity index is 2.27. The number of hydrogen-bond acceptors (Lipinski definition) is 4. The topological polar surface area (TPSA) is 85.8 Å². The Kier molecular flexibility index (Phi) is 2.97. The summed E-state index contributed by atoms with van der Waals surface area (Å²) in [4.78, 5) is 15.8. The van der Waals surface area contributed by atoms with Crippen LogP contribution in [0.1, 0.15) is 10.5 Å². The number of nitrogen functional groups attached to an aromatic ring is 1. The molecule has 0 atom stereocenters. The van der Waals surface area contributed by atoms with E-state index in [9.17, 15) is 4.79 Å². The first-order chi connectivity index (χ1) is 8.09. The number of anilines is 2. The van der Waals surface area contributed by atoms with Crippen LogP contribution in [0.2, 0.25) is 5.15 Å². The van der Waals surface area contributed by atoms with Gasteiger partial charge in [0.05, 0.1) is 17.6 Å². The van der Waals surface area contributed by atoms with Crippen molar-refractivity contribution < 1.29 is 4.79 Å². The third-order valence-electron chi connectivity index (χ3n) is 2.19. The van der Waals surface area contributed by atoms with E-state index in [0.29, 0.717) is 11.4 Å². The molecule has 0 saturated carbocycles. The second-order valence-corrected chi connectivity index (χ2v) is 3.73. The number of halogens is 1. The quantitative estimate of drug-likeness (QED) is 0.788. The van der Waals surface area contributed by atoms with Gasteiger partial charge in [-0.1, -0.05) is 11.6 Å². The van der Waals surface area contributed by atoms with Crippen molar-refractivity contribution in [3.8, 4) is 0 Å². The van der Waals surface area contributed by atoms with Gasteiger partial charge in [0, 0.05) is 13.2 Å². The van der Waals surface area contributed by atoms with Gasteiger partial charge < -0.3 is 11.1 Å². The molecular weight excluding hydrogens is 242 g/mol. The summed E-state index contributed by atoms with van der Waals surface area (Å²) in [5, 5.41) is 6.73. The van der Waals surface area contributed by atoms with Crippen molar-refractivity contribution in [2.24, 2.45) is 7.05 Å². The van der Waals surface area contributed by atoms with E-state index in [-0.39, 0.29) is 16.8 Å². The van der Waals surface area contributed by atoms with Crippen LogP contribution in [0.4, 0.5) is 11.4 Å². The first-order valence-corrected chi connectivity index (χ1v) is 5.16. The van der Waals surface area contributed by atoms with E-state index >= 15 is 0 Å². The minimum atomic E-state index is -0.377. The average molecular weight is 252 g/mol. The summed E-state index contributed by atoms with van der Waals surface area (Å²) in [6.45, 7) is 0. The standard InChI is InChI=1S/C10H10ClN5O/c1-16-8(6(12)5-14-16)10(17)15-7-3-2-4-13-9(7)11/h2-5H,12H2,1H3,(H,15,17). The fraction of sp³-hybridized carbons (Fsp3) is 0.100. The molecule has 3 N–H and O–H groups in total. The number of hydrogen-bond donors (Lipinski definition) is 2. The Morgan fingerprint density at radius 1 is 1.59 bits per heavy atom. The highest BCUT2D eigenvalue weighted by Crippen LogP contribution is 2.19. The van der Waals surface area contributed by atoms with E-state index in [2.05, 4.69) is 15.4 Å². The van der Waals surface area contributed by atoms with Crippen LogP contribution < -0.4 is 11.1 Å². The van der Waals surface area contributed by atoms with Crippen LogP contribution in [0.25, 0.3) is 0 Å². The molecule has 0 bridgehead atoms. The van der Waals surface area contributed by atoms with Gasteiger partial charge in [-0.15, -0.1) is 0 Å². The van der Waals surface area contributed by atoms with Gasteiger partial charge in [0.2, 0.25) is 0 Å². The molecule has 0 spiro atoms. The Labute approximate surface area is 102 Å². The lowest BCUT2D eigenvalue weighted by Crippen LogP contribution is -2.18. The van der Waals surface area contributed by atoms with E-state index in [1.54, 1.807) is 19.2 Å². The molecule has 0 aliphatic heterocycles. The van der Waals surface area contributed by atoms with E-state index in [0.717, 1.165) is 0 Å². The number of carbonyl (C=O) groups excluding carboxylic acids is 1. The summed E-state index contributed by atoms with van der Waals surface area (Å²) >= 11 is 5.83. The minimum absolute atomic E-state index is 0.224. The first-order valence-electron chi connectivity index (χ1n) is 4.79. The number of nitrogens with zero attached hydrogens (tertiary/aromatic N) is 3. The van der Waals surface area contributed by atoms with Crippen LogP contribution in [-0.2, 0) is 7.05 Å². The molecule has 0 aliphatic carbocycles. The van der Waals surface area contributed by atoms with Crippen molar-refractivity contribution in [1.82, 2.24) is 14.8 Å². The zero-order valence-electron chi connectivity index (χ0n) is 9.01. The number of pyridine rings is 1. The van der Waals surface area contributed by atoms with Gasteiger partial charge in [-0.2, -0.15) is 5.10 Å². The van der Waals surface area contributed by atoms with E-state index in [4.69, 9.17) is 17.3 Å². The molecule has 2 heterocycles. The van der Waals surface area contributed by atoms with Gasteiger partial charge >= 0.3 is 0 Å². The monoisotopic (exact) mass is 251 g/mol. The Hall–Kier alpha value is -2.08. The fourth-order valence-corrected chi connectivity index (χ4v) is 1.56. The molecule has 0 aromatic carbocycles. The van der Waals surface area contributed by atoms with Crippen molar-refractivity contribution in [1.29, 1.82) is 0 Å². The number of nitrogens with one attached hydrogen (secondary N) is 1. The van der Waals surface area contributed by atoms with Crippen molar-refractivity contribution in [2.45, 2.75) is 0 Å². The number of amides is 1. The van der Waals surface area contributed by atoms with E-state index in [1.165, 1.54) is 17.1 Å². The molecule has 0 unspecified atom stereocenters. The third-order valence-corrected chi connectivity index (χ3v) is 2.49. The summed E-state index contributed by atoms with van der Waals surface area (Å²) in [6, 6.07) is 3.33. The van der Waals surface area contributed by atoms with Crippen LogP contribution in [0.15, 0.2) is 24.5 Å². The molecule has 2 rings (SSSR count). The highest BCUT2D eigenvalue weighted by molar-refractivity contribution is 6.32. The van der Waals surface area contributed by atoms with Gasteiger partial charge in [0.1, 0.15) is 5.69 Å². The number of rotatable bonds is 2. The number of carbonyl (C=O) groups is 1. The molecule has 0 aliphatic rings. The van der Waals surface area contributed by atoms with Crippen molar-refractivity contribution >= 4 is 28.9 Å². The minimum Gasteiger partial charge on any atom is -0.396 e. The van der Waals surface area contributed by atoms with Crippen LogP contribution >= 0.6 is 11.6 Å². The zero-order valence-corrected chi connectivity index (χ0v) is 9.77. The van der Waals surface area contributed by atoms with Crippen LogP contribution in [0.3, 0.4) is 0 Å². The molecule has 0 fully saturated rings. The first kappa shape index (κ1) is 11.4. The second kappa shape index (κ2) is 4.42. The van der Waals surface area contributed by atoms with Crippen molar-refractivity contribution in [3.05, 3.63) is 35.4 Å². The van der Waals surface area contributed by atoms with E-state index in [1.807, 2.05) is 0 Å². The Morgan fingerprint density at radius 3 is 2.94 bits per heavy atom. The van der Waals surface area contributed by atoms with Gasteiger partial charge in [-0.3, -0.25) is 9.48 Å². The summed E-state index contributed by atoms with van der Waals surface area (Å²) in [7, 11) is 1.64. The summed E-state index contributed by atoms with van der Waals surface area (Å²) in [6.07, 6.45) is 2.95. The van der Waals surface area contributed by atoms with Gasteiger partial charge in [0.25, 0.3) is 5.91 Å². The molecule has 88 valence electrons. The number of nitrogens with two attached hydrogens (primary N) is 1. The van der Waals surface area contributed by atoms with Crippen molar-refractivity contribution in [3.63, 3.8) is 0 Å². The molecule has 0 saturated heterocycles. The molecule has 2 aromatic rings. The highest BCUT2D eigenvalue weighted by atomic mass is 35.5. The SMILES string of the molecule is Cn1ncc(N)c1C(=O)Nc1cccnc1Cl. The fourth-order valence-electron chi connectivity index (χ4n) is 1.39. The predicted octanol–water partition coefficient (Wildman–Crippen LogP) is 1.30. The average Bonchev–Trinajstić information content (AvgIpc) is 2.62. The van der Waals surface area contributed by atoms with Gasteiger partial charge in [0.15, 0.2) is 5.15 Å². The zero-order chi connectivity index (χ0) is 12.4. The summed E-state index contributed by atoms with van der Waals surface area (Å²) in [5.74, 6) is -0.377. The maximum absolute atomic E-state index is 11.9. The Bertz CT molecular complexity index is 546. The van der Waals surface area contributed by atoms with Gasteiger partial charge in [-0.25, -0.2) is 4.98 Å². The molecule has 0 radical (unpaired) electrons. The lowest BCUT2D eigenvalue weighted by atomic mass is 10.3. The molecule has 7 heteroatoms. The lowest BCUT2D eigenvalue weighted by molar-refractivity contribution is 0.101. The summed E-state index contributed by atoms with van der Waals surface area (Å²) < 4.78 is 1.40. The smallest absolute Gasteiger partial charge is 0.276 e. The molecule has 1 amide bonds. The summed E-state index contributed by atoms with van der Waals surface area (Å²) in [5.41, 5.74) is 6.66. The van der Waals surface area contributed by atoms with Crippen LogP contribution in [0.5, 0.6) is 0 Å². The molecular formula is C10H10ClN5O. The van der Waals surface area contributed by atoms with Crippen molar-refractivity contribution in [2.75, 3.05) is 11.1 Å². The van der Waals surface area contributed by atoms with Gasteiger partial charge in [-0.05, 0) is 12.1 Å². The van der Waals surface area contributed by atoms with E-state index < -0.39 is 0 Å². The Morgan fingerprint density at radius 2 is 2.35 bits per heavy atom. The predicted molar refractivity (Wildman–Crippen MR) is 64.8 cm³/mol. The third kappa shape index (κ3) is 2.21.